The molecule has 20 heavy (non-hydrogen) atoms. The number of nitrogens with one attached hydrogen (secondary N) is 1. The maximum absolute atomic E-state index is 3.60. The van der Waals surface area contributed by atoms with E-state index < -0.39 is 0 Å². The minimum atomic E-state index is 0.365. The van der Waals surface area contributed by atoms with Gasteiger partial charge in [-0.05, 0) is 56.5 Å². The minimum absolute atomic E-state index is 0.365. The quantitative estimate of drug-likeness (QED) is 0.752. The molecular weight excluding hydrogens is 312 g/mol. The molecule has 0 saturated heterocycles. The smallest absolute Gasteiger partial charge is 0.0415 e. The third-order valence-corrected chi connectivity index (χ3v) is 4.61. The molecule has 0 bridgehead atoms. The van der Waals surface area contributed by atoms with Crippen molar-refractivity contribution in [1.82, 2.24) is 5.32 Å². The average Bonchev–Trinajstić information content (AvgIpc) is 2.42. The van der Waals surface area contributed by atoms with Gasteiger partial charge < -0.3 is 10.2 Å². The summed E-state index contributed by atoms with van der Waals surface area (Å²) in [5.74, 6) is 0.635. The molecule has 0 aliphatic carbocycles. The first-order valence-electron chi connectivity index (χ1n) is 7.64. The summed E-state index contributed by atoms with van der Waals surface area (Å²) in [7, 11) is 2.20. The van der Waals surface area contributed by atoms with Gasteiger partial charge in [-0.25, -0.2) is 0 Å². The molecule has 0 spiro atoms. The second-order valence-electron chi connectivity index (χ2n) is 5.97. The van der Waals surface area contributed by atoms with Crippen LogP contribution in [0.1, 0.15) is 52.6 Å². The molecule has 1 aromatic rings. The summed E-state index contributed by atoms with van der Waals surface area (Å²) in [6.45, 7) is 12.3. The molecule has 0 radical (unpaired) electrons. The van der Waals surface area contributed by atoms with E-state index in [1.807, 2.05) is 0 Å². The molecule has 114 valence electrons. The zero-order chi connectivity index (χ0) is 15.3. The number of benzene rings is 1. The van der Waals surface area contributed by atoms with Crippen LogP contribution in [0.5, 0.6) is 0 Å². The van der Waals surface area contributed by atoms with E-state index in [4.69, 9.17) is 0 Å². The molecule has 0 heterocycles. The third-order valence-electron chi connectivity index (χ3n) is 4.11. The fourth-order valence-corrected chi connectivity index (χ4v) is 2.71. The molecule has 0 saturated carbocycles. The van der Waals surface area contributed by atoms with Crippen molar-refractivity contribution in [2.45, 2.75) is 53.1 Å². The van der Waals surface area contributed by atoms with Gasteiger partial charge in [0.1, 0.15) is 0 Å². The largest absolute Gasteiger partial charge is 0.371 e. The van der Waals surface area contributed by atoms with Gasteiger partial charge in [-0.2, -0.15) is 0 Å². The Balaban J connectivity index is 3.06. The number of anilines is 1. The van der Waals surface area contributed by atoms with E-state index in [1.54, 1.807) is 0 Å². The highest BCUT2D eigenvalue weighted by molar-refractivity contribution is 9.10. The van der Waals surface area contributed by atoms with Gasteiger partial charge in [-0.15, -0.1) is 0 Å². The van der Waals surface area contributed by atoms with Gasteiger partial charge in [0.05, 0.1) is 0 Å². The highest BCUT2D eigenvalue weighted by Crippen LogP contribution is 2.31. The summed E-state index contributed by atoms with van der Waals surface area (Å²) in [6.07, 6.45) is 1.16. The van der Waals surface area contributed by atoms with Crippen molar-refractivity contribution in [2.24, 2.45) is 5.92 Å². The lowest BCUT2D eigenvalue weighted by atomic mass is 10.0. The third kappa shape index (κ3) is 4.49. The minimum Gasteiger partial charge on any atom is -0.371 e. The Morgan fingerprint density at radius 2 is 1.85 bits per heavy atom. The molecule has 1 aromatic carbocycles. The molecule has 0 aliphatic heterocycles. The SMILES string of the molecule is CCCNC(C)c1cc(Br)ccc1N(C)C(C)C(C)C. The van der Waals surface area contributed by atoms with Gasteiger partial charge in [0.25, 0.3) is 0 Å². The van der Waals surface area contributed by atoms with E-state index in [9.17, 15) is 0 Å². The van der Waals surface area contributed by atoms with Crippen molar-refractivity contribution in [3.63, 3.8) is 0 Å². The van der Waals surface area contributed by atoms with Crippen LogP contribution >= 0.6 is 15.9 Å². The molecule has 0 aromatic heterocycles. The van der Waals surface area contributed by atoms with Crippen LogP contribution in [-0.4, -0.2) is 19.6 Å². The van der Waals surface area contributed by atoms with Gasteiger partial charge in [-0.3, -0.25) is 0 Å². The van der Waals surface area contributed by atoms with Gasteiger partial charge in [-0.1, -0.05) is 36.7 Å². The molecule has 0 fully saturated rings. The maximum Gasteiger partial charge on any atom is 0.0415 e. The molecular formula is C17H29BrN2. The Morgan fingerprint density at radius 3 is 2.40 bits per heavy atom. The highest BCUT2D eigenvalue weighted by Gasteiger charge is 2.19. The summed E-state index contributed by atoms with van der Waals surface area (Å²) in [4.78, 5) is 2.40. The fourth-order valence-electron chi connectivity index (χ4n) is 2.33. The lowest BCUT2D eigenvalue weighted by Gasteiger charge is -2.33. The van der Waals surface area contributed by atoms with Crippen molar-refractivity contribution in [3.05, 3.63) is 28.2 Å². The molecule has 2 unspecified atom stereocenters. The lowest BCUT2D eigenvalue weighted by Crippen LogP contribution is -2.34. The molecule has 1 rings (SSSR count). The van der Waals surface area contributed by atoms with E-state index in [2.05, 4.69) is 86.0 Å². The zero-order valence-electron chi connectivity index (χ0n) is 13.7. The van der Waals surface area contributed by atoms with Crippen LogP contribution in [0.25, 0.3) is 0 Å². The van der Waals surface area contributed by atoms with Gasteiger partial charge in [0, 0.05) is 29.3 Å². The topological polar surface area (TPSA) is 15.3 Å². The average molecular weight is 341 g/mol. The summed E-state index contributed by atoms with van der Waals surface area (Å²) in [5.41, 5.74) is 2.69. The first-order chi connectivity index (χ1) is 9.38. The monoisotopic (exact) mass is 340 g/mol. The summed E-state index contributed by atoms with van der Waals surface area (Å²) >= 11 is 3.60. The van der Waals surface area contributed by atoms with Gasteiger partial charge in [0.2, 0.25) is 0 Å². The van der Waals surface area contributed by atoms with Crippen LogP contribution in [0.2, 0.25) is 0 Å². The number of hydrogen-bond donors (Lipinski definition) is 1. The van der Waals surface area contributed by atoms with E-state index in [0.29, 0.717) is 18.0 Å². The van der Waals surface area contributed by atoms with Crippen molar-refractivity contribution in [3.8, 4) is 0 Å². The van der Waals surface area contributed by atoms with E-state index in [0.717, 1.165) is 17.4 Å². The second-order valence-corrected chi connectivity index (χ2v) is 6.89. The van der Waals surface area contributed by atoms with Crippen LogP contribution in [0, 0.1) is 5.92 Å². The molecule has 1 N–H and O–H groups in total. The Kier molecular flexibility index (Phi) is 7.04. The predicted molar refractivity (Wildman–Crippen MR) is 93.6 cm³/mol. The first kappa shape index (κ1) is 17.5. The molecule has 2 nitrogen and oxygen atoms in total. The van der Waals surface area contributed by atoms with Crippen molar-refractivity contribution in [2.75, 3.05) is 18.5 Å². The standard InChI is InChI=1S/C17H29BrN2/c1-7-10-19-13(4)16-11-15(18)8-9-17(16)20(6)14(5)12(2)3/h8-9,11-14,19H,7,10H2,1-6H3. The summed E-state index contributed by atoms with van der Waals surface area (Å²) in [6, 6.07) is 7.49. The second kappa shape index (κ2) is 8.04. The van der Waals surface area contributed by atoms with Crippen LogP contribution in [0.3, 0.4) is 0 Å². The lowest BCUT2D eigenvalue weighted by molar-refractivity contribution is 0.501. The Bertz CT molecular complexity index is 417. The Morgan fingerprint density at radius 1 is 1.20 bits per heavy atom. The van der Waals surface area contributed by atoms with Crippen molar-refractivity contribution in [1.29, 1.82) is 0 Å². The molecule has 0 aliphatic rings. The number of hydrogen-bond acceptors (Lipinski definition) is 2. The Labute approximate surface area is 133 Å². The van der Waals surface area contributed by atoms with E-state index in [1.165, 1.54) is 11.3 Å². The van der Waals surface area contributed by atoms with Crippen molar-refractivity contribution < 1.29 is 0 Å². The fraction of sp³-hybridized carbons (Fsp3) is 0.647. The summed E-state index contributed by atoms with van der Waals surface area (Å²) in [5, 5.41) is 3.59. The molecule has 2 atom stereocenters. The van der Waals surface area contributed by atoms with Crippen molar-refractivity contribution >= 4 is 21.6 Å². The normalized spacial score (nSPS) is 14.4. The van der Waals surface area contributed by atoms with Crippen LogP contribution in [0.15, 0.2) is 22.7 Å². The van der Waals surface area contributed by atoms with Crippen LogP contribution in [-0.2, 0) is 0 Å². The zero-order valence-corrected chi connectivity index (χ0v) is 15.3. The van der Waals surface area contributed by atoms with Gasteiger partial charge in [0.15, 0.2) is 0 Å². The number of nitrogens with zero attached hydrogens (tertiary/aromatic N) is 1. The van der Waals surface area contributed by atoms with Crippen LogP contribution in [0.4, 0.5) is 5.69 Å². The molecule has 0 amide bonds. The first-order valence-corrected chi connectivity index (χ1v) is 8.43. The molecule has 3 heteroatoms. The van der Waals surface area contributed by atoms with Gasteiger partial charge >= 0.3 is 0 Å². The van der Waals surface area contributed by atoms with E-state index >= 15 is 0 Å². The summed E-state index contributed by atoms with van der Waals surface area (Å²) < 4.78 is 1.15. The maximum atomic E-state index is 3.60. The highest BCUT2D eigenvalue weighted by atomic mass is 79.9. The number of rotatable bonds is 7. The number of halogens is 1. The Hall–Kier alpha value is -0.540. The van der Waals surface area contributed by atoms with E-state index in [-0.39, 0.29) is 0 Å². The predicted octanol–water partition coefficient (Wildman–Crippen LogP) is 4.99. The van der Waals surface area contributed by atoms with Crippen LogP contribution < -0.4 is 10.2 Å².